The first-order chi connectivity index (χ1) is 19.0. The van der Waals surface area contributed by atoms with Crippen molar-refractivity contribution in [2.24, 2.45) is 0 Å². The lowest BCUT2D eigenvalue weighted by Crippen LogP contribution is -2.23. The van der Waals surface area contributed by atoms with Gasteiger partial charge in [-0.05, 0) is 35.9 Å². The van der Waals surface area contributed by atoms with Crippen LogP contribution in [-0.2, 0) is 6.61 Å². The molecule has 0 saturated heterocycles. The summed E-state index contributed by atoms with van der Waals surface area (Å²) in [5, 5.41) is 22.7. The Morgan fingerprint density at radius 2 is 1.69 bits per heavy atom. The standard InChI is InChI=1S/C29H25Cl2N5O3/c30-22-10-5-11-23(31)25(22)28-35-26(19-8-4-9-21(14-19)39-17-18-6-2-1-3-7-18)27(36-28)24-12-13-32-29(34-24)33-15-20(38)16-37/h1-14,20,37-38H,15-17H2,(H,35,36)(H,32,33,34). The van der Waals surface area contributed by atoms with E-state index in [4.69, 9.17) is 38.0 Å². The van der Waals surface area contributed by atoms with Gasteiger partial charge in [-0.3, -0.25) is 0 Å². The van der Waals surface area contributed by atoms with Crippen LogP contribution in [0.3, 0.4) is 0 Å². The van der Waals surface area contributed by atoms with Crippen molar-refractivity contribution in [2.45, 2.75) is 12.7 Å². The Balaban J connectivity index is 1.54. The van der Waals surface area contributed by atoms with E-state index in [0.717, 1.165) is 11.1 Å². The molecule has 0 saturated carbocycles. The number of aliphatic hydroxyl groups excluding tert-OH is 2. The van der Waals surface area contributed by atoms with Crippen molar-refractivity contribution in [3.63, 3.8) is 0 Å². The number of imidazole rings is 1. The van der Waals surface area contributed by atoms with Crippen LogP contribution < -0.4 is 10.1 Å². The van der Waals surface area contributed by atoms with Gasteiger partial charge >= 0.3 is 0 Å². The van der Waals surface area contributed by atoms with Crippen LogP contribution in [0.15, 0.2) is 85.1 Å². The van der Waals surface area contributed by atoms with E-state index in [9.17, 15) is 5.11 Å². The number of halogens is 2. The van der Waals surface area contributed by atoms with Gasteiger partial charge in [0.1, 0.15) is 18.2 Å². The minimum Gasteiger partial charge on any atom is -0.489 e. The zero-order valence-electron chi connectivity index (χ0n) is 20.7. The number of rotatable bonds is 10. The average molecular weight is 562 g/mol. The van der Waals surface area contributed by atoms with E-state index in [0.29, 0.717) is 50.9 Å². The van der Waals surface area contributed by atoms with Gasteiger partial charge in [-0.2, -0.15) is 0 Å². The minimum atomic E-state index is -0.937. The largest absolute Gasteiger partial charge is 0.489 e. The highest BCUT2D eigenvalue weighted by Gasteiger charge is 2.20. The van der Waals surface area contributed by atoms with Gasteiger partial charge in [-0.25, -0.2) is 15.0 Å². The van der Waals surface area contributed by atoms with E-state index in [1.165, 1.54) is 0 Å². The average Bonchev–Trinajstić information content (AvgIpc) is 3.41. The molecular formula is C29H25Cl2N5O3. The molecule has 2 heterocycles. The van der Waals surface area contributed by atoms with Crippen molar-refractivity contribution >= 4 is 29.2 Å². The SMILES string of the molecule is OCC(O)CNc1nccc(-c2[nH]c(-c3c(Cl)cccc3Cl)nc2-c2cccc(OCc3ccccc3)c2)n1. The first kappa shape index (κ1) is 26.6. The first-order valence-electron chi connectivity index (χ1n) is 12.2. The molecule has 39 heavy (non-hydrogen) atoms. The van der Waals surface area contributed by atoms with Crippen LogP contribution in [0.4, 0.5) is 5.95 Å². The van der Waals surface area contributed by atoms with E-state index < -0.39 is 6.10 Å². The zero-order chi connectivity index (χ0) is 27.2. The maximum atomic E-state index is 9.70. The molecule has 4 N–H and O–H groups in total. The van der Waals surface area contributed by atoms with Gasteiger partial charge in [0.05, 0.1) is 45.4 Å². The number of anilines is 1. The van der Waals surface area contributed by atoms with Crippen LogP contribution in [0, 0.1) is 0 Å². The minimum absolute atomic E-state index is 0.0943. The molecule has 5 aromatic rings. The Morgan fingerprint density at radius 1 is 0.923 bits per heavy atom. The Bertz CT molecular complexity index is 1540. The second kappa shape index (κ2) is 12.3. The molecule has 5 rings (SSSR count). The number of ether oxygens (including phenoxy) is 1. The summed E-state index contributed by atoms with van der Waals surface area (Å²) in [5.41, 5.74) is 4.22. The fraction of sp³-hybridized carbons (Fsp3) is 0.138. The number of hydrogen-bond acceptors (Lipinski definition) is 7. The summed E-state index contributed by atoms with van der Waals surface area (Å²) in [4.78, 5) is 17.1. The lowest BCUT2D eigenvalue weighted by molar-refractivity contribution is 0.105. The molecule has 0 aliphatic carbocycles. The number of nitrogens with zero attached hydrogens (tertiary/aromatic N) is 3. The monoisotopic (exact) mass is 561 g/mol. The number of aromatic nitrogens is 4. The molecule has 2 aromatic heterocycles. The topological polar surface area (TPSA) is 116 Å². The van der Waals surface area contributed by atoms with Crippen LogP contribution in [0.2, 0.25) is 10.0 Å². The van der Waals surface area contributed by atoms with Crippen LogP contribution in [0.25, 0.3) is 34.0 Å². The summed E-state index contributed by atoms with van der Waals surface area (Å²) < 4.78 is 6.05. The van der Waals surface area contributed by atoms with Crippen molar-refractivity contribution < 1.29 is 14.9 Å². The van der Waals surface area contributed by atoms with E-state index in [-0.39, 0.29) is 19.1 Å². The third-order valence-electron chi connectivity index (χ3n) is 5.88. The Labute approximate surface area is 235 Å². The molecular weight excluding hydrogens is 537 g/mol. The highest BCUT2D eigenvalue weighted by atomic mass is 35.5. The van der Waals surface area contributed by atoms with Gasteiger partial charge in [-0.15, -0.1) is 0 Å². The molecule has 8 nitrogen and oxygen atoms in total. The van der Waals surface area contributed by atoms with Gasteiger partial charge < -0.3 is 25.3 Å². The summed E-state index contributed by atoms with van der Waals surface area (Å²) in [6.07, 6.45) is 0.662. The van der Waals surface area contributed by atoms with Crippen molar-refractivity contribution in [2.75, 3.05) is 18.5 Å². The molecule has 0 spiro atoms. The predicted molar refractivity (Wildman–Crippen MR) is 153 cm³/mol. The predicted octanol–water partition coefficient (Wildman–Crippen LogP) is 5.85. The van der Waals surface area contributed by atoms with Crippen molar-refractivity contribution in [1.82, 2.24) is 19.9 Å². The summed E-state index contributed by atoms with van der Waals surface area (Å²) in [5.74, 6) is 1.46. The summed E-state index contributed by atoms with van der Waals surface area (Å²) in [6.45, 7) is 0.151. The molecule has 0 aliphatic rings. The number of benzene rings is 3. The van der Waals surface area contributed by atoms with Crippen molar-refractivity contribution in [3.05, 3.63) is 101 Å². The number of hydrogen-bond donors (Lipinski definition) is 4. The molecule has 3 aromatic carbocycles. The van der Waals surface area contributed by atoms with Gasteiger partial charge in [0.2, 0.25) is 5.95 Å². The molecule has 0 aliphatic heterocycles. The third-order valence-corrected chi connectivity index (χ3v) is 6.51. The molecule has 1 atom stereocenters. The molecule has 0 bridgehead atoms. The smallest absolute Gasteiger partial charge is 0.223 e. The summed E-state index contributed by atoms with van der Waals surface area (Å²) in [7, 11) is 0. The maximum Gasteiger partial charge on any atom is 0.223 e. The second-order valence-electron chi connectivity index (χ2n) is 8.69. The second-order valence-corrected chi connectivity index (χ2v) is 9.50. The van der Waals surface area contributed by atoms with Crippen LogP contribution in [0.5, 0.6) is 5.75 Å². The summed E-state index contributed by atoms with van der Waals surface area (Å²) >= 11 is 13.0. The van der Waals surface area contributed by atoms with E-state index >= 15 is 0 Å². The van der Waals surface area contributed by atoms with Crippen molar-refractivity contribution in [1.29, 1.82) is 0 Å². The number of nitrogens with one attached hydrogen (secondary N) is 2. The van der Waals surface area contributed by atoms with Gasteiger partial charge in [-0.1, -0.05) is 71.7 Å². The van der Waals surface area contributed by atoms with E-state index in [1.807, 2.05) is 54.6 Å². The van der Waals surface area contributed by atoms with E-state index in [2.05, 4.69) is 20.3 Å². The van der Waals surface area contributed by atoms with Gasteiger partial charge in [0.25, 0.3) is 0 Å². The first-order valence-corrected chi connectivity index (χ1v) is 12.9. The normalized spacial score (nSPS) is 11.8. The fourth-order valence-electron chi connectivity index (χ4n) is 3.94. The highest BCUT2D eigenvalue weighted by molar-refractivity contribution is 6.39. The molecule has 198 valence electrons. The quantitative estimate of drug-likeness (QED) is 0.169. The lowest BCUT2D eigenvalue weighted by Gasteiger charge is -2.10. The number of aromatic amines is 1. The Kier molecular flexibility index (Phi) is 8.39. The Hall–Kier alpha value is -3.95. The Morgan fingerprint density at radius 3 is 2.46 bits per heavy atom. The molecule has 0 fully saturated rings. The number of aliphatic hydroxyl groups is 2. The number of H-pyrrole nitrogens is 1. The summed E-state index contributed by atoms with van der Waals surface area (Å²) in [6, 6.07) is 24.6. The van der Waals surface area contributed by atoms with Crippen LogP contribution in [0.1, 0.15) is 5.56 Å². The molecule has 0 amide bonds. The molecule has 10 heteroatoms. The molecule has 0 radical (unpaired) electrons. The third kappa shape index (κ3) is 6.38. The molecule has 1 unspecified atom stereocenters. The highest BCUT2D eigenvalue weighted by Crippen LogP contribution is 2.38. The van der Waals surface area contributed by atoms with Crippen molar-refractivity contribution in [3.8, 4) is 39.8 Å². The zero-order valence-corrected chi connectivity index (χ0v) is 22.2. The van der Waals surface area contributed by atoms with Crippen LogP contribution in [-0.4, -0.2) is 49.4 Å². The van der Waals surface area contributed by atoms with Gasteiger partial charge in [0, 0.05) is 18.3 Å². The van der Waals surface area contributed by atoms with Crippen LogP contribution >= 0.6 is 23.2 Å². The van der Waals surface area contributed by atoms with Gasteiger partial charge in [0.15, 0.2) is 0 Å². The fourth-order valence-corrected chi connectivity index (χ4v) is 4.52. The lowest BCUT2D eigenvalue weighted by atomic mass is 10.1. The van der Waals surface area contributed by atoms with E-state index in [1.54, 1.807) is 30.5 Å². The maximum absolute atomic E-state index is 9.70.